The molecule has 0 heterocycles. The molecule has 0 spiro atoms. The van der Waals surface area contributed by atoms with Gasteiger partial charge in [-0.2, -0.15) is 0 Å². The van der Waals surface area contributed by atoms with Crippen LogP contribution in [0.4, 0.5) is 0 Å². The number of benzene rings is 1. The van der Waals surface area contributed by atoms with E-state index in [1.807, 2.05) is 18.2 Å². The molecule has 1 aromatic carbocycles. The lowest BCUT2D eigenvalue weighted by Gasteiger charge is -2.18. The van der Waals surface area contributed by atoms with Crippen LogP contribution in [0.15, 0.2) is 30.3 Å². The van der Waals surface area contributed by atoms with E-state index in [0.717, 1.165) is 19.3 Å². The average Bonchev–Trinajstić information content (AvgIpc) is 2.65. The Morgan fingerprint density at radius 3 is 2.15 bits per heavy atom. The van der Waals surface area contributed by atoms with E-state index >= 15 is 0 Å². The smallest absolute Gasteiger partial charge is 0.258 e. The van der Waals surface area contributed by atoms with Gasteiger partial charge in [-0.05, 0) is 12.0 Å². The van der Waals surface area contributed by atoms with E-state index in [1.54, 1.807) is 12.1 Å². The van der Waals surface area contributed by atoms with Gasteiger partial charge in [0.2, 0.25) is 10.0 Å². The second-order valence-electron chi connectivity index (χ2n) is 6.56. The fourth-order valence-electron chi connectivity index (χ4n) is 2.94. The highest BCUT2D eigenvalue weighted by Gasteiger charge is 2.27. The number of hydroxylamine groups is 1. The largest absolute Gasteiger partial charge is 0.289 e. The monoisotopic (exact) mass is 384 g/mol. The van der Waals surface area contributed by atoms with Gasteiger partial charge in [0.05, 0.1) is 6.54 Å². The number of sulfonamides is 1. The van der Waals surface area contributed by atoms with Gasteiger partial charge in [0.25, 0.3) is 5.91 Å². The van der Waals surface area contributed by atoms with Gasteiger partial charge in [0, 0.05) is 0 Å². The Balaban J connectivity index is 2.56. The van der Waals surface area contributed by atoms with Crippen molar-refractivity contribution in [2.45, 2.75) is 70.0 Å². The second-order valence-corrected chi connectivity index (χ2v) is 8.51. The second kappa shape index (κ2) is 12.8. The van der Waals surface area contributed by atoms with Crippen molar-refractivity contribution in [1.82, 2.24) is 10.2 Å². The summed E-state index contributed by atoms with van der Waals surface area (Å²) in [5.74, 6) is -0.785. The molecule has 7 heteroatoms. The molecule has 6 nitrogen and oxygen atoms in total. The number of unbranched alkanes of at least 4 members (excludes halogenated alkanes) is 7. The molecule has 1 amide bonds. The number of hydrogen-bond acceptors (Lipinski definition) is 4. The minimum Gasteiger partial charge on any atom is -0.289 e. The highest BCUT2D eigenvalue weighted by molar-refractivity contribution is 7.89. The molecular weight excluding hydrogens is 352 g/mol. The number of carbonyl (C=O) groups is 1. The van der Waals surface area contributed by atoms with Crippen molar-refractivity contribution in [3.05, 3.63) is 35.9 Å². The molecule has 1 aromatic rings. The van der Waals surface area contributed by atoms with Gasteiger partial charge in [-0.15, -0.1) is 0 Å². The summed E-state index contributed by atoms with van der Waals surface area (Å²) in [6, 6.07) is 9.05. The van der Waals surface area contributed by atoms with Gasteiger partial charge in [-0.1, -0.05) is 88.6 Å². The lowest BCUT2D eigenvalue weighted by atomic mass is 10.0. The lowest BCUT2D eigenvalue weighted by Crippen LogP contribution is -2.37. The first-order valence-corrected chi connectivity index (χ1v) is 11.0. The zero-order valence-corrected chi connectivity index (χ0v) is 16.4. The van der Waals surface area contributed by atoms with Gasteiger partial charge in [0.15, 0.2) is 0 Å². The maximum atomic E-state index is 12.6. The van der Waals surface area contributed by atoms with Crippen LogP contribution in [0.3, 0.4) is 0 Å². The number of nitrogens with one attached hydrogen (secondary N) is 2. The van der Waals surface area contributed by atoms with Crippen LogP contribution < -0.4 is 10.2 Å². The van der Waals surface area contributed by atoms with Crippen LogP contribution in [0.25, 0.3) is 0 Å². The van der Waals surface area contributed by atoms with Gasteiger partial charge >= 0.3 is 0 Å². The van der Waals surface area contributed by atoms with Gasteiger partial charge in [0.1, 0.15) is 5.25 Å². The maximum absolute atomic E-state index is 12.6. The molecule has 148 valence electrons. The SMILES string of the molecule is CCCCCCCCCCC(c1ccccc1)S(=O)(=O)NCC(=O)NO. The molecule has 0 aliphatic heterocycles. The first kappa shape index (κ1) is 22.6. The third-order valence-electron chi connectivity index (χ3n) is 4.42. The van der Waals surface area contributed by atoms with Crippen LogP contribution in [0.5, 0.6) is 0 Å². The minimum absolute atomic E-state index is 0.473. The molecule has 1 unspecified atom stereocenters. The Kier molecular flexibility index (Phi) is 11.2. The zero-order valence-electron chi connectivity index (χ0n) is 15.6. The molecule has 0 radical (unpaired) electrons. The predicted molar refractivity (Wildman–Crippen MR) is 103 cm³/mol. The van der Waals surface area contributed by atoms with E-state index in [0.29, 0.717) is 12.0 Å². The molecule has 26 heavy (non-hydrogen) atoms. The highest BCUT2D eigenvalue weighted by atomic mass is 32.2. The molecule has 0 aliphatic rings. The van der Waals surface area contributed by atoms with Crippen molar-refractivity contribution in [3.63, 3.8) is 0 Å². The summed E-state index contributed by atoms with van der Waals surface area (Å²) in [6.45, 7) is 1.72. The quantitative estimate of drug-likeness (QED) is 0.259. The first-order valence-electron chi connectivity index (χ1n) is 9.47. The van der Waals surface area contributed by atoms with Crippen molar-refractivity contribution in [3.8, 4) is 0 Å². The van der Waals surface area contributed by atoms with E-state index in [9.17, 15) is 13.2 Å². The summed E-state index contributed by atoms with van der Waals surface area (Å²) >= 11 is 0. The van der Waals surface area contributed by atoms with Crippen molar-refractivity contribution < 1.29 is 18.4 Å². The van der Waals surface area contributed by atoms with Crippen LogP contribution >= 0.6 is 0 Å². The number of rotatable bonds is 14. The average molecular weight is 385 g/mol. The molecule has 0 saturated carbocycles. The third-order valence-corrected chi connectivity index (χ3v) is 6.23. The van der Waals surface area contributed by atoms with Crippen LogP contribution in [0.1, 0.15) is 75.5 Å². The van der Waals surface area contributed by atoms with Crippen molar-refractivity contribution in [2.75, 3.05) is 6.54 Å². The molecule has 0 aliphatic carbocycles. The van der Waals surface area contributed by atoms with Gasteiger partial charge in [-0.3, -0.25) is 10.0 Å². The Bertz CT molecular complexity index is 605. The van der Waals surface area contributed by atoms with E-state index in [-0.39, 0.29) is 0 Å². The van der Waals surface area contributed by atoms with Crippen molar-refractivity contribution in [1.29, 1.82) is 0 Å². The Hall–Kier alpha value is -1.44. The summed E-state index contributed by atoms with van der Waals surface area (Å²) in [7, 11) is -3.71. The minimum atomic E-state index is -3.71. The Morgan fingerprint density at radius 1 is 1.00 bits per heavy atom. The van der Waals surface area contributed by atoms with Crippen LogP contribution in [-0.4, -0.2) is 26.1 Å². The Morgan fingerprint density at radius 2 is 1.58 bits per heavy atom. The van der Waals surface area contributed by atoms with Crippen LogP contribution in [0, 0.1) is 0 Å². The van der Waals surface area contributed by atoms with E-state index in [2.05, 4.69) is 11.6 Å². The molecule has 1 rings (SSSR count). The fraction of sp³-hybridized carbons (Fsp3) is 0.632. The normalized spacial score (nSPS) is 12.7. The highest BCUT2D eigenvalue weighted by Crippen LogP contribution is 2.27. The first-order chi connectivity index (χ1) is 12.5. The Labute approximate surface area is 157 Å². The van der Waals surface area contributed by atoms with Crippen LogP contribution in [0.2, 0.25) is 0 Å². The molecule has 0 fully saturated rings. The summed E-state index contributed by atoms with van der Waals surface area (Å²) in [5, 5.41) is 7.83. The summed E-state index contributed by atoms with van der Waals surface area (Å²) in [4.78, 5) is 11.1. The molecule has 0 aromatic heterocycles. The predicted octanol–water partition coefficient (Wildman–Crippen LogP) is 3.68. The summed E-state index contributed by atoms with van der Waals surface area (Å²) in [5.41, 5.74) is 2.15. The van der Waals surface area contributed by atoms with Crippen molar-refractivity contribution >= 4 is 15.9 Å². The zero-order chi connectivity index (χ0) is 19.3. The van der Waals surface area contributed by atoms with Crippen molar-refractivity contribution in [2.24, 2.45) is 0 Å². The van der Waals surface area contributed by atoms with Gasteiger partial charge < -0.3 is 0 Å². The summed E-state index contributed by atoms with van der Waals surface area (Å²) in [6.07, 6.45) is 9.67. The molecule has 3 N–H and O–H groups in total. The molecule has 0 saturated heterocycles. The topological polar surface area (TPSA) is 95.5 Å². The maximum Gasteiger partial charge on any atom is 0.258 e. The number of carbonyl (C=O) groups excluding carboxylic acids is 1. The number of amides is 1. The lowest BCUT2D eigenvalue weighted by molar-refractivity contribution is -0.127. The molecular formula is C19H32N2O4S. The molecule has 0 bridgehead atoms. The van der Waals surface area contributed by atoms with Crippen LogP contribution in [-0.2, 0) is 14.8 Å². The van der Waals surface area contributed by atoms with E-state index < -0.39 is 27.7 Å². The standard InChI is InChI=1S/C19H32N2O4S/c1-2-3-4-5-6-7-8-12-15-18(17-13-10-9-11-14-17)26(24,25)20-16-19(22)21-23/h9-11,13-14,18,20,23H,2-8,12,15-16H2,1H3,(H,21,22). The molecule has 1 atom stereocenters. The van der Waals surface area contributed by atoms with E-state index in [1.165, 1.54) is 37.6 Å². The third kappa shape index (κ3) is 8.78. The number of hydrogen-bond donors (Lipinski definition) is 3. The summed E-state index contributed by atoms with van der Waals surface area (Å²) < 4.78 is 27.5. The van der Waals surface area contributed by atoms with Gasteiger partial charge in [-0.25, -0.2) is 18.6 Å². The fourth-order valence-corrected chi connectivity index (χ4v) is 4.46. The van der Waals surface area contributed by atoms with E-state index in [4.69, 9.17) is 5.21 Å².